The van der Waals surface area contributed by atoms with Crippen molar-refractivity contribution in [3.63, 3.8) is 0 Å². The predicted molar refractivity (Wildman–Crippen MR) is 183 cm³/mol. The van der Waals surface area contributed by atoms with Crippen molar-refractivity contribution in [2.45, 2.75) is 69.5 Å². The molecule has 1 atom stereocenters. The van der Waals surface area contributed by atoms with Crippen molar-refractivity contribution in [2.24, 2.45) is 0 Å². The van der Waals surface area contributed by atoms with Crippen molar-refractivity contribution in [2.75, 3.05) is 10.8 Å². The summed E-state index contributed by atoms with van der Waals surface area (Å²) in [5.74, 6) is -0.745. The van der Waals surface area contributed by atoms with E-state index >= 15 is 0 Å². The highest BCUT2D eigenvalue weighted by molar-refractivity contribution is 7.92. The van der Waals surface area contributed by atoms with E-state index in [-0.39, 0.29) is 35.5 Å². The maximum absolute atomic E-state index is 14.6. The first-order valence-electron chi connectivity index (χ1n) is 15.6. The number of aryl methyl sites for hydroxylation is 2. The average Bonchev–Trinajstić information content (AvgIpc) is 3.57. The molecule has 4 aromatic rings. The number of rotatable bonds is 12. The first-order valence-corrected chi connectivity index (χ1v) is 17.5. The van der Waals surface area contributed by atoms with Crippen molar-refractivity contribution in [1.29, 1.82) is 0 Å². The van der Waals surface area contributed by atoms with Gasteiger partial charge in [-0.2, -0.15) is 0 Å². The maximum atomic E-state index is 14.6. The van der Waals surface area contributed by atoms with E-state index in [0.717, 1.165) is 52.2 Å². The SMILES string of the molecule is Cc1ccc(S(=O)(=O)N(CC(=O)N(Cc2ccccc2)[C@H](Cc2ccccc2)C(=O)NC2CCCC2)c2ccc(C)c(Cl)c2)cc1. The molecule has 1 aliphatic rings. The quantitative estimate of drug-likeness (QED) is 0.181. The van der Waals surface area contributed by atoms with Crippen LogP contribution in [-0.2, 0) is 32.6 Å². The predicted octanol–water partition coefficient (Wildman–Crippen LogP) is 6.85. The molecule has 0 unspecified atom stereocenters. The van der Waals surface area contributed by atoms with Gasteiger partial charge in [-0.25, -0.2) is 8.42 Å². The Bertz CT molecular complexity index is 1740. The number of hydrogen-bond acceptors (Lipinski definition) is 4. The minimum absolute atomic E-state index is 0.0487. The largest absolute Gasteiger partial charge is 0.352 e. The van der Waals surface area contributed by atoms with Crippen molar-refractivity contribution < 1.29 is 18.0 Å². The molecule has 0 saturated heterocycles. The van der Waals surface area contributed by atoms with Crippen LogP contribution >= 0.6 is 11.6 Å². The minimum atomic E-state index is -4.20. The Labute approximate surface area is 277 Å². The van der Waals surface area contributed by atoms with Gasteiger partial charge in [-0.1, -0.05) is 109 Å². The van der Waals surface area contributed by atoms with Crippen LogP contribution in [0.5, 0.6) is 0 Å². The lowest BCUT2D eigenvalue weighted by Crippen LogP contribution is -2.54. The molecule has 5 rings (SSSR count). The summed E-state index contributed by atoms with van der Waals surface area (Å²) in [6.07, 6.45) is 4.16. The normalized spacial score (nSPS) is 14.1. The van der Waals surface area contributed by atoms with Gasteiger partial charge in [-0.05, 0) is 67.6 Å². The first kappa shape index (κ1) is 33.2. The molecule has 0 bridgehead atoms. The van der Waals surface area contributed by atoms with Gasteiger partial charge in [0.05, 0.1) is 10.6 Å². The zero-order chi connectivity index (χ0) is 32.7. The second-order valence-electron chi connectivity index (χ2n) is 12.0. The van der Waals surface area contributed by atoms with Gasteiger partial charge in [-0.15, -0.1) is 0 Å². The molecule has 1 aliphatic carbocycles. The van der Waals surface area contributed by atoms with Gasteiger partial charge in [0.1, 0.15) is 12.6 Å². The minimum Gasteiger partial charge on any atom is -0.352 e. The van der Waals surface area contributed by atoms with E-state index in [1.54, 1.807) is 30.3 Å². The fraction of sp³-hybridized carbons (Fsp3) is 0.297. The van der Waals surface area contributed by atoms with E-state index < -0.39 is 28.5 Å². The van der Waals surface area contributed by atoms with Gasteiger partial charge >= 0.3 is 0 Å². The number of nitrogens with zero attached hydrogens (tertiary/aromatic N) is 2. The van der Waals surface area contributed by atoms with Crippen molar-refractivity contribution in [1.82, 2.24) is 10.2 Å². The third-order valence-corrected chi connectivity index (χ3v) is 10.7. The highest BCUT2D eigenvalue weighted by Crippen LogP contribution is 2.29. The van der Waals surface area contributed by atoms with Crippen molar-refractivity contribution >= 4 is 39.1 Å². The number of carbonyl (C=O) groups is 2. The second kappa shape index (κ2) is 15.0. The van der Waals surface area contributed by atoms with Crippen molar-refractivity contribution in [3.8, 4) is 0 Å². The molecule has 1 saturated carbocycles. The monoisotopic (exact) mass is 657 g/mol. The van der Waals surface area contributed by atoms with Crippen LogP contribution in [0.3, 0.4) is 0 Å². The van der Waals surface area contributed by atoms with Crippen LogP contribution in [0.1, 0.15) is 47.9 Å². The number of anilines is 1. The Kier molecular flexibility index (Phi) is 10.8. The average molecular weight is 658 g/mol. The number of sulfonamides is 1. The van der Waals surface area contributed by atoms with E-state index in [1.165, 1.54) is 17.0 Å². The van der Waals surface area contributed by atoms with Crippen LogP contribution in [0.15, 0.2) is 108 Å². The number of amides is 2. The lowest BCUT2D eigenvalue weighted by atomic mass is 10.0. The first-order chi connectivity index (χ1) is 22.1. The molecule has 0 aromatic heterocycles. The Balaban J connectivity index is 1.56. The summed E-state index contributed by atoms with van der Waals surface area (Å²) >= 11 is 6.47. The topological polar surface area (TPSA) is 86.8 Å². The fourth-order valence-electron chi connectivity index (χ4n) is 5.80. The number of hydrogen-bond donors (Lipinski definition) is 1. The molecule has 1 fully saturated rings. The summed E-state index contributed by atoms with van der Waals surface area (Å²) in [6, 6.07) is 29.7. The van der Waals surface area contributed by atoms with E-state index in [2.05, 4.69) is 5.32 Å². The molecule has 1 N–H and O–H groups in total. The van der Waals surface area contributed by atoms with Crippen LogP contribution < -0.4 is 9.62 Å². The Hall–Kier alpha value is -4.14. The number of halogens is 1. The lowest BCUT2D eigenvalue weighted by Gasteiger charge is -2.34. The summed E-state index contributed by atoms with van der Waals surface area (Å²) in [7, 11) is -4.20. The number of benzene rings is 4. The van der Waals surface area contributed by atoms with Crippen LogP contribution in [0.25, 0.3) is 0 Å². The zero-order valence-corrected chi connectivity index (χ0v) is 27.8. The molecule has 2 amide bonds. The molecule has 0 spiro atoms. The van der Waals surface area contributed by atoms with E-state index in [0.29, 0.717) is 5.02 Å². The van der Waals surface area contributed by atoms with Crippen molar-refractivity contribution in [3.05, 3.63) is 130 Å². The standard InChI is InChI=1S/C37H40ClN3O4S/c1-27-17-21-33(22-18-27)46(44,45)41(32-20-19-28(2)34(38)24-32)26-36(42)40(25-30-13-7-4-8-14-30)35(23-29-11-5-3-6-12-29)37(43)39-31-15-9-10-16-31/h3-8,11-14,17-22,24,31,35H,9-10,15-16,23,25-26H2,1-2H3,(H,39,43)/t35-/m1/s1. The van der Waals surface area contributed by atoms with E-state index in [1.807, 2.05) is 74.5 Å². The Morgan fingerprint density at radius 3 is 2.07 bits per heavy atom. The van der Waals surface area contributed by atoms with Crippen LogP contribution in [0.4, 0.5) is 5.69 Å². The summed E-state index contributed by atoms with van der Waals surface area (Å²) in [4.78, 5) is 30.2. The summed E-state index contributed by atoms with van der Waals surface area (Å²) in [5, 5.41) is 3.58. The highest BCUT2D eigenvalue weighted by atomic mass is 35.5. The third-order valence-electron chi connectivity index (χ3n) is 8.50. The van der Waals surface area contributed by atoms with E-state index in [9.17, 15) is 18.0 Å². The molecular formula is C37H40ClN3O4S. The van der Waals surface area contributed by atoms with Gasteiger partial charge in [0.15, 0.2) is 0 Å². The molecule has 0 radical (unpaired) electrons. The summed E-state index contributed by atoms with van der Waals surface area (Å²) < 4.78 is 29.5. The molecule has 0 aliphatic heterocycles. The van der Waals surface area contributed by atoms with E-state index in [4.69, 9.17) is 11.6 Å². The van der Waals surface area contributed by atoms with Gasteiger partial charge in [0, 0.05) is 24.0 Å². The van der Waals surface area contributed by atoms with Crippen LogP contribution in [0, 0.1) is 13.8 Å². The summed E-state index contributed by atoms with van der Waals surface area (Å²) in [6.45, 7) is 3.31. The smallest absolute Gasteiger partial charge is 0.264 e. The number of nitrogens with one attached hydrogen (secondary N) is 1. The Morgan fingerprint density at radius 2 is 1.46 bits per heavy atom. The van der Waals surface area contributed by atoms with Gasteiger partial charge in [-0.3, -0.25) is 13.9 Å². The zero-order valence-electron chi connectivity index (χ0n) is 26.2. The molecule has 9 heteroatoms. The maximum Gasteiger partial charge on any atom is 0.264 e. The third kappa shape index (κ3) is 8.17. The lowest BCUT2D eigenvalue weighted by molar-refractivity contribution is -0.140. The van der Waals surface area contributed by atoms with Gasteiger partial charge in [0.25, 0.3) is 10.0 Å². The molecule has 46 heavy (non-hydrogen) atoms. The highest BCUT2D eigenvalue weighted by Gasteiger charge is 2.35. The fourth-order valence-corrected chi connectivity index (χ4v) is 7.39. The Morgan fingerprint density at radius 1 is 0.848 bits per heavy atom. The number of carbonyl (C=O) groups excluding carboxylic acids is 2. The second-order valence-corrected chi connectivity index (χ2v) is 14.2. The van der Waals surface area contributed by atoms with Crippen LogP contribution in [-0.4, -0.2) is 43.8 Å². The molecule has 4 aromatic carbocycles. The van der Waals surface area contributed by atoms with Gasteiger partial charge in [0.2, 0.25) is 11.8 Å². The molecule has 7 nitrogen and oxygen atoms in total. The van der Waals surface area contributed by atoms with Gasteiger partial charge < -0.3 is 10.2 Å². The summed E-state index contributed by atoms with van der Waals surface area (Å²) in [5.41, 5.74) is 3.68. The molecule has 0 heterocycles. The molecular weight excluding hydrogens is 618 g/mol. The molecule has 240 valence electrons. The van der Waals surface area contributed by atoms with Crippen LogP contribution in [0.2, 0.25) is 5.02 Å².